The van der Waals surface area contributed by atoms with Crippen LogP contribution in [0.1, 0.15) is 17.3 Å². The zero-order valence-electron chi connectivity index (χ0n) is 9.78. The minimum absolute atomic E-state index is 0. The Hall–Kier alpha value is -0.0800. The van der Waals surface area contributed by atoms with E-state index in [0.717, 1.165) is 12.2 Å². The molecule has 0 atom stereocenters. The van der Waals surface area contributed by atoms with Gasteiger partial charge in [0.05, 0.1) is 12.2 Å². The van der Waals surface area contributed by atoms with Crippen LogP contribution in [0.3, 0.4) is 0 Å². The van der Waals surface area contributed by atoms with E-state index in [1.807, 2.05) is 0 Å². The molecular formula is C10H13BrClNO3S2. The maximum absolute atomic E-state index is 11.6. The normalized spacial score (nSPS) is 9.83. The lowest BCUT2D eigenvalue weighted by Gasteiger charge is -2.09. The number of esters is 1. The maximum Gasteiger partial charge on any atom is 0.339 e. The van der Waals surface area contributed by atoms with Crippen LogP contribution in [0.4, 0.5) is 0 Å². The predicted molar refractivity (Wildman–Crippen MR) is 82.3 cm³/mol. The first-order chi connectivity index (χ1) is 8.04. The van der Waals surface area contributed by atoms with Gasteiger partial charge in [0.15, 0.2) is 12.2 Å². The number of ether oxygens (including phenoxy) is 1. The van der Waals surface area contributed by atoms with Crippen molar-refractivity contribution in [1.82, 2.24) is 3.82 Å². The van der Waals surface area contributed by atoms with Crippen molar-refractivity contribution in [3.63, 3.8) is 0 Å². The standard InChI is InChI=1S/C10H11BrClNO3S.H2S/c1-3-15-10(14)8-6-7(4-5-9(8)11)16-17-13(2)12;/h4-6H,3H2,1-2H3;1H2. The lowest BCUT2D eigenvalue weighted by molar-refractivity contribution is 0.0525. The van der Waals surface area contributed by atoms with E-state index in [9.17, 15) is 4.79 Å². The second-order valence-electron chi connectivity index (χ2n) is 2.94. The molecule has 102 valence electrons. The van der Waals surface area contributed by atoms with Crippen LogP contribution in [0.25, 0.3) is 0 Å². The van der Waals surface area contributed by atoms with Crippen LogP contribution >= 0.6 is 53.4 Å². The Morgan fingerprint density at radius 3 is 2.78 bits per heavy atom. The summed E-state index contributed by atoms with van der Waals surface area (Å²) < 4.78 is 12.1. The second-order valence-corrected chi connectivity index (χ2v) is 5.37. The average Bonchev–Trinajstić information content (AvgIpc) is 2.28. The van der Waals surface area contributed by atoms with Crippen molar-refractivity contribution in [3.8, 4) is 5.75 Å². The smallest absolute Gasteiger partial charge is 0.339 e. The van der Waals surface area contributed by atoms with Gasteiger partial charge in [0, 0.05) is 11.5 Å². The summed E-state index contributed by atoms with van der Waals surface area (Å²) in [5.74, 6) is 0.128. The zero-order valence-corrected chi connectivity index (χ0v) is 13.9. The van der Waals surface area contributed by atoms with Crippen LogP contribution < -0.4 is 4.18 Å². The highest BCUT2D eigenvalue weighted by molar-refractivity contribution is 9.10. The molecule has 0 unspecified atom stereocenters. The lowest BCUT2D eigenvalue weighted by atomic mass is 10.2. The van der Waals surface area contributed by atoms with E-state index in [2.05, 4.69) is 15.9 Å². The van der Waals surface area contributed by atoms with Crippen LogP contribution in [-0.2, 0) is 4.74 Å². The molecule has 0 radical (unpaired) electrons. The summed E-state index contributed by atoms with van der Waals surface area (Å²) >= 11 is 9.82. The molecule has 0 amide bonds. The van der Waals surface area contributed by atoms with E-state index >= 15 is 0 Å². The van der Waals surface area contributed by atoms with Gasteiger partial charge in [-0.15, -0.1) is 3.82 Å². The number of benzene rings is 1. The summed E-state index contributed by atoms with van der Waals surface area (Å²) in [5.41, 5.74) is 0.419. The summed E-state index contributed by atoms with van der Waals surface area (Å²) in [4.78, 5) is 11.6. The first-order valence-electron chi connectivity index (χ1n) is 4.75. The largest absolute Gasteiger partial charge is 0.462 e. The number of rotatable bonds is 5. The fourth-order valence-electron chi connectivity index (χ4n) is 1.02. The quantitative estimate of drug-likeness (QED) is 0.339. The Labute approximate surface area is 131 Å². The van der Waals surface area contributed by atoms with E-state index in [1.54, 1.807) is 32.2 Å². The van der Waals surface area contributed by atoms with Crippen LogP contribution in [0.5, 0.6) is 5.75 Å². The number of carbonyl (C=O) groups excluding carboxylic acids is 1. The molecule has 0 aliphatic heterocycles. The summed E-state index contributed by atoms with van der Waals surface area (Å²) in [7, 11) is 1.64. The van der Waals surface area contributed by atoms with Gasteiger partial charge in [-0.1, -0.05) is 0 Å². The Morgan fingerprint density at radius 1 is 1.56 bits per heavy atom. The zero-order chi connectivity index (χ0) is 12.8. The van der Waals surface area contributed by atoms with Crippen molar-refractivity contribution in [1.29, 1.82) is 0 Å². The lowest BCUT2D eigenvalue weighted by Crippen LogP contribution is -2.05. The molecular weight excluding hydrogens is 362 g/mol. The first-order valence-corrected chi connectivity index (χ1v) is 6.58. The Kier molecular flexibility index (Phi) is 8.89. The minimum atomic E-state index is -0.394. The monoisotopic (exact) mass is 373 g/mol. The van der Waals surface area contributed by atoms with Gasteiger partial charge in [-0.05, 0) is 52.8 Å². The van der Waals surface area contributed by atoms with Gasteiger partial charge in [-0.2, -0.15) is 13.5 Å². The summed E-state index contributed by atoms with van der Waals surface area (Å²) in [6.45, 7) is 2.08. The van der Waals surface area contributed by atoms with E-state index in [1.165, 1.54) is 3.82 Å². The van der Waals surface area contributed by atoms with Crippen molar-refractivity contribution in [2.45, 2.75) is 6.92 Å². The number of hydrogen-bond donors (Lipinski definition) is 0. The molecule has 0 N–H and O–H groups in total. The molecule has 8 heteroatoms. The Balaban J connectivity index is 0.00000289. The van der Waals surface area contributed by atoms with Gasteiger partial charge >= 0.3 is 5.97 Å². The van der Waals surface area contributed by atoms with Gasteiger partial charge in [0.2, 0.25) is 0 Å². The third kappa shape index (κ3) is 5.71. The number of halogens is 2. The van der Waals surface area contributed by atoms with Gasteiger partial charge < -0.3 is 8.92 Å². The average molecular weight is 375 g/mol. The van der Waals surface area contributed by atoms with Crippen LogP contribution in [0.2, 0.25) is 0 Å². The number of hydrogen-bond acceptors (Lipinski definition) is 5. The maximum atomic E-state index is 11.6. The topological polar surface area (TPSA) is 38.8 Å². The molecule has 1 aromatic rings. The molecule has 18 heavy (non-hydrogen) atoms. The molecule has 4 nitrogen and oxygen atoms in total. The highest BCUT2D eigenvalue weighted by Crippen LogP contribution is 2.26. The molecule has 0 aromatic heterocycles. The molecule has 0 spiro atoms. The highest BCUT2D eigenvalue weighted by Gasteiger charge is 2.12. The van der Waals surface area contributed by atoms with E-state index < -0.39 is 5.97 Å². The fourth-order valence-corrected chi connectivity index (χ4v) is 1.80. The van der Waals surface area contributed by atoms with Crippen LogP contribution in [0, 0.1) is 0 Å². The van der Waals surface area contributed by atoms with Crippen molar-refractivity contribution < 1.29 is 13.7 Å². The molecule has 0 heterocycles. The third-order valence-corrected chi connectivity index (χ3v) is 3.00. The summed E-state index contributed by atoms with van der Waals surface area (Å²) in [6, 6.07) is 5.03. The molecule has 0 fully saturated rings. The number of carbonyl (C=O) groups is 1. The molecule has 1 aromatic carbocycles. The summed E-state index contributed by atoms with van der Waals surface area (Å²) in [5, 5.41) is 0. The molecule has 0 aliphatic carbocycles. The molecule has 0 saturated heterocycles. The van der Waals surface area contributed by atoms with Gasteiger partial charge in [0.25, 0.3) is 0 Å². The predicted octanol–water partition coefficient (Wildman–Crippen LogP) is 3.77. The van der Waals surface area contributed by atoms with Crippen molar-refractivity contribution in [2.24, 2.45) is 0 Å². The van der Waals surface area contributed by atoms with Crippen LogP contribution in [-0.4, -0.2) is 23.4 Å². The highest BCUT2D eigenvalue weighted by atomic mass is 79.9. The van der Waals surface area contributed by atoms with Gasteiger partial charge in [0.1, 0.15) is 5.75 Å². The Morgan fingerprint density at radius 2 is 2.22 bits per heavy atom. The molecule has 1 rings (SSSR count). The van der Waals surface area contributed by atoms with Crippen molar-refractivity contribution >= 4 is 59.4 Å². The molecule has 0 bridgehead atoms. The van der Waals surface area contributed by atoms with Crippen molar-refractivity contribution in [3.05, 3.63) is 28.2 Å². The Bertz CT molecular complexity index is 407. The summed E-state index contributed by atoms with van der Waals surface area (Å²) in [6.07, 6.45) is 0. The fraction of sp³-hybridized carbons (Fsp3) is 0.300. The van der Waals surface area contributed by atoms with Crippen molar-refractivity contribution in [2.75, 3.05) is 13.7 Å². The molecule has 0 saturated carbocycles. The second kappa shape index (κ2) is 8.92. The first kappa shape index (κ1) is 17.9. The minimum Gasteiger partial charge on any atom is -0.462 e. The number of nitrogens with zero attached hydrogens (tertiary/aromatic N) is 1. The van der Waals surface area contributed by atoms with E-state index in [-0.39, 0.29) is 13.5 Å². The SMILES string of the molecule is CCOC(=O)c1cc(OSN(C)Cl)ccc1Br.S. The van der Waals surface area contributed by atoms with E-state index in [0.29, 0.717) is 22.4 Å². The molecule has 0 aliphatic rings. The van der Waals surface area contributed by atoms with Crippen LogP contribution in [0.15, 0.2) is 22.7 Å². The van der Waals surface area contributed by atoms with Gasteiger partial charge in [-0.25, -0.2) is 4.79 Å². The van der Waals surface area contributed by atoms with Gasteiger partial charge in [-0.3, -0.25) is 0 Å². The van der Waals surface area contributed by atoms with E-state index in [4.69, 9.17) is 20.7 Å². The third-order valence-electron chi connectivity index (χ3n) is 1.67.